The van der Waals surface area contributed by atoms with Crippen molar-refractivity contribution in [2.24, 2.45) is 28.6 Å². The van der Waals surface area contributed by atoms with Gasteiger partial charge in [0.15, 0.2) is 0 Å². The number of aliphatic carboxylic acids is 1. The van der Waals surface area contributed by atoms with Crippen LogP contribution in [0.5, 0.6) is 0 Å². The topological polar surface area (TPSA) is 37.3 Å². The molecule has 2 nitrogen and oxygen atoms in total. The van der Waals surface area contributed by atoms with Gasteiger partial charge in [0.25, 0.3) is 0 Å². The van der Waals surface area contributed by atoms with Gasteiger partial charge < -0.3 is 5.11 Å². The lowest BCUT2D eigenvalue weighted by Crippen LogP contribution is -2.54. The van der Waals surface area contributed by atoms with Crippen LogP contribution in [0.3, 0.4) is 0 Å². The maximum absolute atomic E-state index is 11.9. The fourth-order valence-electron chi connectivity index (χ4n) is 6.11. The van der Waals surface area contributed by atoms with Crippen LogP contribution in [0.4, 0.5) is 0 Å². The van der Waals surface area contributed by atoms with Crippen LogP contribution in [0.15, 0.2) is 11.1 Å². The second-order valence-electron chi connectivity index (χ2n) is 8.92. The van der Waals surface area contributed by atoms with Crippen LogP contribution in [0.1, 0.15) is 79.1 Å². The van der Waals surface area contributed by atoms with Gasteiger partial charge in [-0.3, -0.25) is 4.79 Å². The van der Waals surface area contributed by atoms with Crippen LogP contribution in [0, 0.1) is 28.6 Å². The molecule has 124 valence electrons. The van der Waals surface area contributed by atoms with E-state index >= 15 is 0 Å². The van der Waals surface area contributed by atoms with E-state index in [-0.39, 0.29) is 0 Å². The average molecular weight is 304 g/mol. The minimum atomic E-state index is -0.551. The maximum Gasteiger partial charge on any atom is 0.309 e. The molecule has 3 fully saturated rings. The van der Waals surface area contributed by atoms with Crippen LogP contribution < -0.4 is 0 Å². The molecule has 0 aromatic heterocycles. The first-order valence-electron chi connectivity index (χ1n) is 9.17. The Hall–Kier alpha value is -0.790. The molecule has 0 spiro atoms. The molecule has 2 heteroatoms. The van der Waals surface area contributed by atoms with Gasteiger partial charge in [0.1, 0.15) is 0 Å². The minimum absolute atomic E-state index is 0.374. The Morgan fingerprint density at radius 3 is 2.45 bits per heavy atom. The van der Waals surface area contributed by atoms with Gasteiger partial charge in [-0.1, -0.05) is 24.5 Å². The van der Waals surface area contributed by atoms with Crippen molar-refractivity contribution in [3.63, 3.8) is 0 Å². The quantitative estimate of drug-likeness (QED) is 0.656. The summed E-state index contributed by atoms with van der Waals surface area (Å²) in [5.74, 6) is 1.25. The zero-order valence-corrected chi connectivity index (χ0v) is 14.7. The first-order valence-corrected chi connectivity index (χ1v) is 9.17. The third-order valence-corrected chi connectivity index (χ3v) is 7.78. The summed E-state index contributed by atoms with van der Waals surface area (Å²) in [6, 6.07) is 0. The normalized spacial score (nSPS) is 44.9. The second-order valence-corrected chi connectivity index (χ2v) is 8.92. The van der Waals surface area contributed by atoms with Gasteiger partial charge in [-0.05, 0) is 88.9 Å². The Balaban J connectivity index is 1.90. The van der Waals surface area contributed by atoms with Crippen molar-refractivity contribution in [1.29, 1.82) is 0 Å². The van der Waals surface area contributed by atoms with Crippen LogP contribution >= 0.6 is 0 Å². The molecule has 3 aliphatic carbocycles. The number of carbonyl (C=O) groups is 1. The summed E-state index contributed by atoms with van der Waals surface area (Å²) in [7, 11) is 0. The number of allylic oxidation sites excluding steroid dienone is 2. The lowest BCUT2D eigenvalue weighted by molar-refractivity contribution is -0.165. The molecule has 0 bridgehead atoms. The average Bonchev–Trinajstić information content (AvgIpc) is 2.46. The van der Waals surface area contributed by atoms with Crippen molar-refractivity contribution < 1.29 is 9.90 Å². The summed E-state index contributed by atoms with van der Waals surface area (Å²) >= 11 is 0. The highest BCUT2D eigenvalue weighted by molar-refractivity contribution is 5.74. The van der Waals surface area contributed by atoms with Crippen LogP contribution in [-0.2, 0) is 4.79 Å². The zero-order valence-electron chi connectivity index (χ0n) is 14.7. The monoisotopic (exact) mass is 304 g/mol. The fourth-order valence-corrected chi connectivity index (χ4v) is 6.11. The highest BCUT2D eigenvalue weighted by atomic mass is 16.4. The molecule has 0 saturated heterocycles. The van der Waals surface area contributed by atoms with Crippen molar-refractivity contribution in [2.75, 3.05) is 0 Å². The first kappa shape index (κ1) is 16.1. The van der Waals surface area contributed by atoms with E-state index in [1.165, 1.54) is 37.7 Å². The van der Waals surface area contributed by atoms with Gasteiger partial charge in [-0.15, -0.1) is 0 Å². The van der Waals surface area contributed by atoms with Crippen LogP contribution in [0.2, 0.25) is 0 Å². The van der Waals surface area contributed by atoms with Crippen molar-refractivity contribution in [3.05, 3.63) is 11.1 Å². The van der Waals surface area contributed by atoms with Gasteiger partial charge in [0.2, 0.25) is 0 Å². The van der Waals surface area contributed by atoms with Gasteiger partial charge in [0, 0.05) is 0 Å². The molecule has 0 aromatic rings. The Bertz CT molecular complexity index is 502. The number of hydrogen-bond donors (Lipinski definition) is 1. The van der Waals surface area contributed by atoms with Crippen LogP contribution in [0.25, 0.3) is 0 Å². The molecule has 0 amide bonds. The van der Waals surface area contributed by atoms with E-state index in [9.17, 15) is 9.90 Å². The predicted octanol–water partition coefficient (Wildman–Crippen LogP) is 5.43. The summed E-state index contributed by atoms with van der Waals surface area (Å²) < 4.78 is 0. The Morgan fingerprint density at radius 2 is 1.82 bits per heavy atom. The largest absolute Gasteiger partial charge is 0.481 e. The molecule has 3 rings (SSSR count). The Kier molecular flexibility index (Phi) is 3.94. The highest BCUT2D eigenvalue weighted by Crippen LogP contribution is 2.63. The van der Waals surface area contributed by atoms with Crippen molar-refractivity contribution in [1.82, 2.24) is 0 Å². The molecule has 3 aliphatic rings. The SMILES string of the molecule is CC(C)=C1CC[C@]2(C)[C@H](CC[C@H]3[C@@H]2CCC[C@@]3(C)C(=O)O)C1. The van der Waals surface area contributed by atoms with Gasteiger partial charge >= 0.3 is 5.97 Å². The predicted molar refractivity (Wildman–Crippen MR) is 89.6 cm³/mol. The molecule has 0 heterocycles. The third kappa shape index (κ3) is 2.25. The zero-order chi connectivity index (χ0) is 16.1. The van der Waals surface area contributed by atoms with Crippen molar-refractivity contribution in [3.8, 4) is 0 Å². The van der Waals surface area contributed by atoms with Gasteiger partial charge in [-0.25, -0.2) is 0 Å². The summed E-state index contributed by atoms with van der Waals surface area (Å²) in [4.78, 5) is 11.9. The molecule has 0 aromatic carbocycles. The minimum Gasteiger partial charge on any atom is -0.481 e. The molecule has 22 heavy (non-hydrogen) atoms. The molecule has 5 atom stereocenters. The van der Waals surface area contributed by atoms with E-state index in [0.717, 1.165) is 25.2 Å². The lowest BCUT2D eigenvalue weighted by atomic mass is 9.45. The molecule has 0 unspecified atom stereocenters. The Morgan fingerprint density at radius 1 is 1.09 bits per heavy atom. The molecule has 0 radical (unpaired) electrons. The number of carboxylic acid groups (broad SMARTS) is 1. The highest BCUT2D eigenvalue weighted by Gasteiger charge is 2.57. The standard InChI is InChI=1S/C20H32O2/c1-13(2)14-9-11-19(3)15(12-14)7-8-17-16(19)6-5-10-20(17,4)18(21)22/h15-17H,5-12H2,1-4H3,(H,21,22)/t15-,16+,17+,19-,20-/m1/s1. The molecular formula is C20H32O2. The molecular weight excluding hydrogens is 272 g/mol. The number of hydrogen-bond acceptors (Lipinski definition) is 1. The van der Waals surface area contributed by atoms with E-state index in [1.54, 1.807) is 5.57 Å². The second kappa shape index (κ2) is 5.39. The Labute approximate surface area is 135 Å². The van der Waals surface area contributed by atoms with Gasteiger partial charge in [-0.2, -0.15) is 0 Å². The molecule has 0 aliphatic heterocycles. The number of rotatable bonds is 1. The fraction of sp³-hybridized carbons (Fsp3) is 0.850. The molecule has 1 N–H and O–H groups in total. The van der Waals surface area contributed by atoms with Gasteiger partial charge in [0.05, 0.1) is 5.41 Å². The summed E-state index contributed by atoms with van der Waals surface area (Å²) in [6.45, 7) is 9.03. The summed E-state index contributed by atoms with van der Waals surface area (Å²) in [5, 5.41) is 9.82. The number of fused-ring (bicyclic) bond motifs is 3. The van der Waals surface area contributed by atoms with Crippen molar-refractivity contribution in [2.45, 2.75) is 79.1 Å². The first-order chi connectivity index (χ1) is 10.3. The van der Waals surface area contributed by atoms with E-state index in [4.69, 9.17) is 0 Å². The summed E-state index contributed by atoms with van der Waals surface area (Å²) in [5.41, 5.74) is 3.09. The smallest absolute Gasteiger partial charge is 0.309 e. The van der Waals surface area contributed by atoms with E-state index < -0.39 is 11.4 Å². The third-order valence-electron chi connectivity index (χ3n) is 7.78. The van der Waals surface area contributed by atoms with E-state index in [2.05, 4.69) is 20.8 Å². The maximum atomic E-state index is 11.9. The lowest BCUT2D eigenvalue weighted by Gasteiger charge is -2.59. The molecule has 3 saturated carbocycles. The van der Waals surface area contributed by atoms with Crippen LogP contribution in [-0.4, -0.2) is 11.1 Å². The van der Waals surface area contributed by atoms with Crippen molar-refractivity contribution >= 4 is 5.97 Å². The van der Waals surface area contributed by atoms with E-state index in [0.29, 0.717) is 17.3 Å². The summed E-state index contributed by atoms with van der Waals surface area (Å²) in [6.07, 6.45) is 9.38. The number of carboxylic acids is 1. The van der Waals surface area contributed by atoms with E-state index in [1.807, 2.05) is 6.92 Å².